The third-order valence-corrected chi connectivity index (χ3v) is 20.7. The zero-order chi connectivity index (χ0) is 39.2. The number of hydrogen-bond acceptors (Lipinski definition) is 13. The van der Waals surface area contributed by atoms with Gasteiger partial charge in [0, 0.05) is 0 Å². The Labute approximate surface area is 324 Å². The molecule has 6 bridgehead atoms. The van der Waals surface area contributed by atoms with Crippen LogP contribution in [0.5, 0.6) is 0 Å². The van der Waals surface area contributed by atoms with E-state index in [-0.39, 0.29) is 57.1 Å². The molecule has 278 valence electrons. The fraction of sp³-hybridized carbons (Fsp3) is 0.0588. The number of aromatic nitrogens is 2. The third-order valence-electron chi connectivity index (χ3n) is 9.69. The second-order valence-electron chi connectivity index (χ2n) is 13.3. The van der Waals surface area contributed by atoms with Crippen molar-refractivity contribution in [1.29, 1.82) is 0 Å². The van der Waals surface area contributed by atoms with Gasteiger partial charge in [-0.15, -0.1) is 0 Å². The Hall–Kier alpha value is -5.20. The molecule has 0 radical (unpaired) electrons. The average Bonchev–Trinajstić information content (AvgIpc) is 3.81. The van der Waals surface area contributed by atoms with E-state index in [0.717, 1.165) is 11.1 Å². The Kier molecular flexibility index (Phi) is 7.34. The molecule has 6 heterocycles. The van der Waals surface area contributed by atoms with Crippen LogP contribution >= 0.6 is 0 Å². The van der Waals surface area contributed by atoms with Crippen molar-refractivity contribution in [3.63, 3.8) is 0 Å². The van der Waals surface area contributed by atoms with Crippen molar-refractivity contribution in [1.82, 2.24) is 5.11 Å². The van der Waals surface area contributed by atoms with E-state index in [4.69, 9.17) is 32.3 Å². The summed E-state index contributed by atoms with van der Waals surface area (Å²) in [7, 11) is -14.6. The maximum atomic E-state index is 13.0. The number of fused-ring (bicyclic) bond motifs is 14. The van der Waals surface area contributed by atoms with Crippen molar-refractivity contribution in [2.45, 2.75) is 23.6 Å². The van der Waals surface area contributed by atoms with Crippen LogP contribution in [0.15, 0.2) is 113 Å². The van der Waals surface area contributed by atoms with Crippen molar-refractivity contribution in [2.75, 3.05) is 0 Å². The molecule has 0 aliphatic carbocycles. The number of aryl methyl sites for hydroxylation is 2. The topological polar surface area (TPSA) is 256 Å². The number of aliphatic imine (C=N–C) groups is 4. The summed E-state index contributed by atoms with van der Waals surface area (Å²) < 4.78 is 115. The molecule has 22 heteroatoms. The molecule has 10 rings (SSSR count). The Bertz CT molecular complexity index is 3520. The number of benzene rings is 4. The third kappa shape index (κ3) is 5.39. The SMILES string of the molecule is Cc1ccc2c3[n]4c(c2c1)N=C1N=C(N=c2c5ccc(C)cc5c([n]2[In]4[O]S(=O)(=O)O)=NC2=NC(=N3)c3cc(S(=O)(=O)O)ccc32)c2cc(S(=O)(=O)O)ccc21. The van der Waals surface area contributed by atoms with Crippen LogP contribution in [0.1, 0.15) is 33.4 Å². The summed E-state index contributed by atoms with van der Waals surface area (Å²) in [6.07, 6.45) is 0. The van der Waals surface area contributed by atoms with E-state index in [2.05, 4.69) is 0 Å². The molecule has 0 spiro atoms. The molecule has 0 atom stereocenters. The van der Waals surface area contributed by atoms with E-state index in [1.807, 2.05) is 13.8 Å². The molecular weight excluding hydrogens is 891 g/mol. The molecule has 0 amide bonds. The monoisotopic (exact) mass is 912 g/mol. The number of amidine groups is 4. The van der Waals surface area contributed by atoms with Crippen LogP contribution in [-0.4, -0.2) is 89.8 Å². The predicted octanol–water partition coefficient (Wildman–Crippen LogP) is 2.85. The first-order chi connectivity index (χ1) is 26.4. The van der Waals surface area contributed by atoms with Crippen molar-refractivity contribution in [3.8, 4) is 0 Å². The van der Waals surface area contributed by atoms with Crippen LogP contribution in [-0.2, 0) is 32.9 Å². The zero-order valence-electron chi connectivity index (χ0n) is 28.5. The molecule has 18 nitrogen and oxygen atoms in total. The summed E-state index contributed by atoms with van der Waals surface area (Å²) >= 11 is -5.15. The predicted molar refractivity (Wildman–Crippen MR) is 203 cm³/mol. The minimum atomic E-state index is -5.24. The number of rotatable bonds is 4. The van der Waals surface area contributed by atoms with E-state index >= 15 is 0 Å². The minimum absolute atomic E-state index is 0.0247. The Morgan fingerprint density at radius 2 is 0.964 bits per heavy atom. The van der Waals surface area contributed by atoms with Gasteiger partial charge in [-0.1, -0.05) is 0 Å². The molecule has 0 saturated carbocycles. The number of nitrogens with zero attached hydrogens (tertiary/aromatic N) is 8. The summed E-state index contributed by atoms with van der Waals surface area (Å²) in [5.41, 5.74) is 2.83. The first kappa shape index (κ1) is 35.2. The molecule has 0 fully saturated rings. The van der Waals surface area contributed by atoms with Gasteiger partial charge in [-0.3, -0.25) is 0 Å². The van der Waals surface area contributed by atoms with Crippen LogP contribution in [0.25, 0.3) is 21.5 Å². The van der Waals surface area contributed by atoms with Crippen LogP contribution in [0.4, 0.5) is 11.6 Å². The fourth-order valence-corrected chi connectivity index (χ4v) is 17.3. The van der Waals surface area contributed by atoms with Crippen LogP contribution in [0.2, 0.25) is 0 Å². The van der Waals surface area contributed by atoms with E-state index in [1.165, 1.54) is 41.5 Å². The second-order valence-corrected chi connectivity index (χ2v) is 23.7. The average molecular weight is 913 g/mol. The van der Waals surface area contributed by atoms with Crippen molar-refractivity contribution in [2.24, 2.45) is 30.0 Å². The first-order valence-corrected chi connectivity index (χ1v) is 24.9. The molecule has 4 aliphatic rings. The molecule has 56 heavy (non-hydrogen) atoms. The van der Waals surface area contributed by atoms with Crippen molar-refractivity contribution in [3.05, 3.63) is 117 Å². The summed E-state index contributed by atoms with van der Waals surface area (Å²) in [5, 5.41) is 1.78. The molecule has 4 aromatic carbocycles. The molecular formula is C34H21InN8O10S3. The summed E-state index contributed by atoms with van der Waals surface area (Å²) in [4.78, 5) is 28.4. The fourth-order valence-electron chi connectivity index (χ4n) is 7.29. The van der Waals surface area contributed by atoms with Gasteiger partial charge in [-0.05, 0) is 0 Å². The summed E-state index contributed by atoms with van der Waals surface area (Å²) in [6, 6.07) is 18.3. The van der Waals surface area contributed by atoms with Gasteiger partial charge < -0.3 is 0 Å². The Morgan fingerprint density at radius 3 is 1.52 bits per heavy atom. The van der Waals surface area contributed by atoms with Crippen LogP contribution in [0, 0.1) is 13.8 Å². The van der Waals surface area contributed by atoms with Gasteiger partial charge in [0.05, 0.1) is 0 Å². The second kappa shape index (κ2) is 11.7. The van der Waals surface area contributed by atoms with Crippen molar-refractivity contribution < 1.29 is 41.2 Å². The molecule has 3 N–H and O–H groups in total. The van der Waals surface area contributed by atoms with E-state index < -0.39 is 62.9 Å². The Morgan fingerprint density at radius 1 is 0.500 bits per heavy atom. The van der Waals surface area contributed by atoms with Gasteiger partial charge in [0.1, 0.15) is 0 Å². The van der Waals surface area contributed by atoms with Crippen molar-refractivity contribution >= 4 is 110 Å². The normalized spacial score (nSPS) is 15.7. The van der Waals surface area contributed by atoms with Gasteiger partial charge in [-0.25, -0.2) is 0 Å². The van der Waals surface area contributed by atoms with Gasteiger partial charge in [0.25, 0.3) is 0 Å². The van der Waals surface area contributed by atoms with Gasteiger partial charge in [0.15, 0.2) is 0 Å². The van der Waals surface area contributed by atoms with Gasteiger partial charge >= 0.3 is 327 Å². The van der Waals surface area contributed by atoms with E-state index in [1.54, 1.807) is 36.4 Å². The molecule has 2 aromatic heterocycles. The summed E-state index contributed by atoms with van der Waals surface area (Å²) in [6.45, 7) is 3.67. The summed E-state index contributed by atoms with van der Waals surface area (Å²) in [5.74, 6) is 0.261. The molecule has 0 unspecified atom stereocenters. The standard InChI is InChI=1S/C34H20N8O6S2.In.H2O4S/c1-15-3-7-19-23(11-15)31-35-27(19)39-33-26-14-18(50(46,47)48)6-10-22(26)30(42-33)38-32-24-12-16(2)4-8-20(24)28(36-32)40-34-25-13-17(49(43,44)45)5-9-21(25)29(37-31)41-34;;1-5(2,3)4/h3-14H,1-2H3,(H2-2,35,36,37,38,39,40,41,42,43,44,45,46,47,48);;(H2,1,2,3,4)/q-2;+3;/p-1. The van der Waals surface area contributed by atoms with E-state index in [0.29, 0.717) is 32.7 Å². The molecule has 6 aromatic rings. The number of hydrogen-bond donors (Lipinski definition) is 3. The van der Waals surface area contributed by atoms with E-state index in [9.17, 15) is 38.9 Å². The van der Waals surface area contributed by atoms with Gasteiger partial charge in [-0.2, -0.15) is 0 Å². The Balaban J connectivity index is 1.48. The molecule has 4 aliphatic heterocycles. The quantitative estimate of drug-likeness (QED) is 0.218. The zero-order valence-corrected chi connectivity index (χ0v) is 34.3. The van der Waals surface area contributed by atoms with Crippen LogP contribution < -0.4 is 11.0 Å². The maximum absolute atomic E-state index is 13.0. The molecule has 0 saturated heterocycles. The van der Waals surface area contributed by atoms with Crippen LogP contribution in [0.3, 0.4) is 0 Å². The first-order valence-electron chi connectivity index (χ1n) is 16.4. The van der Waals surface area contributed by atoms with Gasteiger partial charge in [0.2, 0.25) is 0 Å².